The molecule has 0 bridgehead atoms. The number of Topliss-reactive ketones (excluding diaryl/α,β-unsaturated/α-hetero) is 1. The number of ketones is 1. The van der Waals surface area contributed by atoms with Crippen molar-refractivity contribution in [1.29, 1.82) is 0 Å². The number of benzene rings is 1. The molecule has 7 heteroatoms. The van der Waals surface area contributed by atoms with E-state index in [9.17, 15) is 28.3 Å². The van der Waals surface area contributed by atoms with Gasteiger partial charge in [-0.25, -0.2) is 13.6 Å². The number of rotatable bonds is 4. The van der Waals surface area contributed by atoms with Gasteiger partial charge < -0.3 is 10.4 Å². The summed E-state index contributed by atoms with van der Waals surface area (Å²) in [5.74, 6) is -4.70. The van der Waals surface area contributed by atoms with Crippen LogP contribution in [0.15, 0.2) is 18.2 Å². The van der Waals surface area contributed by atoms with Crippen LogP contribution in [0.25, 0.3) is 0 Å². The molecule has 1 aliphatic rings. The first-order valence-electron chi connectivity index (χ1n) is 6.89. The largest absolute Gasteiger partial charge is 0.480 e. The zero-order chi connectivity index (χ0) is 16.3. The number of aliphatic carboxylic acids is 1. The maximum atomic E-state index is 13.6. The van der Waals surface area contributed by atoms with Crippen molar-refractivity contribution in [3.05, 3.63) is 35.4 Å². The quantitative estimate of drug-likeness (QED) is 0.889. The van der Waals surface area contributed by atoms with E-state index < -0.39 is 41.0 Å². The van der Waals surface area contributed by atoms with Gasteiger partial charge in [-0.3, -0.25) is 9.59 Å². The molecule has 2 N–H and O–H groups in total. The zero-order valence-electron chi connectivity index (χ0n) is 11.6. The molecule has 1 amide bonds. The van der Waals surface area contributed by atoms with Crippen molar-refractivity contribution in [2.24, 2.45) is 5.92 Å². The Balaban J connectivity index is 2.15. The molecule has 1 fully saturated rings. The topological polar surface area (TPSA) is 83.5 Å². The van der Waals surface area contributed by atoms with Gasteiger partial charge in [0.25, 0.3) is 5.91 Å². The van der Waals surface area contributed by atoms with Crippen LogP contribution in [0.4, 0.5) is 8.78 Å². The van der Waals surface area contributed by atoms with Gasteiger partial charge in [0.1, 0.15) is 23.5 Å². The highest BCUT2D eigenvalue weighted by Crippen LogP contribution is 2.25. The molecule has 1 aliphatic carbocycles. The van der Waals surface area contributed by atoms with Crippen LogP contribution in [-0.4, -0.2) is 28.8 Å². The standard InChI is InChI=1S/C15H15F2NO4/c16-9-4-5-11(12(17)7-9)14(20)18-13(15(21)22)8-2-1-3-10(19)6-8/h4-5,7-8,13H,1-3,6H2,(H,18,20)(H,21,22)/t8-,13+/m0/s1. The van der Waals surface area contributed by atoms with Gasteiger partial charge in [0.15, 0.2) is 0 Å². The minimum Gasteiger partial charge on any atom is -0.480 e. The third-order valence-corrected chi connectivity index (χ3v) is 3.72. The van der Waals surface area contributed by atoms with Crippen molar-refractivity contribution < 1.29 is 28.3 Å². The lowest BCUT2D eigenvalue weighted by Gasteiger charge is -2.27. The summed E-state index contributed by atoms with van der Waals surface area (Å²) in [6.45, 7) is 0. The number of halogens is 2. The van der Waals surface area contributed by atoms with Gasteiger partial charge in [-0.2, -0.15) is 0 Å². The first-order valence-corrected chi connectivity index (χ1v) is 6.89. The van der Waals surface area contributed by atoms with Crippen molar-refractivity contribution in [2.45, 2.75) is 31.7 Å². The SMILES string of the molecule is O=C1CCC[C@H]([C@@H](NC(=O)c2ccc(F)cc2F)C(=O)O)C1. The van der Waals surface area contributed by atoms with Crippen LogP contribution < -0.4 is 5.32 Å². The number of carboxylic acids is 1. The minimum absolute atomic E-state index is 0.0512. The van der Waals surface area contributed by atoms with Crippen LogP contribution >= 0.6 is 0 Å². The van der Waals surface area contributed by atoms with Crippen LogP contribution in [-0.2, 0) is 9.59 Å². The van der Waals surface area contributed by atoms with Crippen molar-refractivity contribution in [3.63, 3.8) is 0 Å². The van der Waals surface area contributed by atoms with Gasteiger partial charge in [0.05, 0.1) is 5.56 Å². The summed E-state index contributed by atoms with van der Waals surface area (Å²) in [6.07, 6.45) is 1.54. The third kappa shape index (κ3) is 3.66. The second kappa shape index (κ2) is 6.64. The number of carbonyl (C=O) groups is 3. The normalized spacial score (nSPS) is 19.5. The monoisotopic (exact) mass is 311 g/mol. The molecular weight excluding hydrogens is 296 g/mol. The Bertz CT molecular complexity index is 618. The Morgan fingerprint density at radius 2 is 2.05 bits per heavy atom. The van der Waals surface area contributed by atoms with Gasteiger partial charge in [-0.15, -0.1) is 0 Å². The van der Waals surface area contributed by atoms with Crippen LogP contribution in [0.5, 0.6) is 0 Å². The lowest BCUT2D eigenvalue weighted by Crippen LogP contribution is -2.47. The van der Waals surface area contributed by atoms with Crippen molar-refractivity contribution in [1.82, 2.24) is 5.32 Å². The van der Waals surface area contributed by atoms with Gasteiger partial charge in [0, 0.05) is 18.9 Å². The van der Waals surface area contributed by atoms with E-state index in [1.54, 1.807) is 0 Å². The number of carboxylic acid groups (broad SMARTS) is 1. The fraction of sp³-hybridized carbons (Fsp3) is 0.400. The summed E-state index contributed by atoms with van der Waals surface area (Å²) < 4.78 is 26.4. The van der Waals surface area contributed by atoms with Crippen molar-refractivity contribution in [3.8, 4) is 0 Å². The Kier molecular flexibility index (Phi) is 4.85. The fourth-order valence-electron chi connectivity index (χ4n) is 2.62. The van der Waals surface area contributed by atoms with E-state index in [4.69, 9.17) is 0 Å². The highest BCUT2D eigenvalue weighted by atomic mass is 19.1. The molecule has 1 aromatic carbocycles. The first-order chi connectivity index (χ1) is 10.4. The number of nitrogens with one attached hydrogen (secondary N) is 1. The average Bonchev–Trinajstić information content (AvgIpc) is 2.44. The average molecular weight is 311 g/mol. The van der Waals surface area contributed by atoms with E-state index in [0.717, 1.165) is 12.1 Å². The molecule has 5 nitrogen and oxygen atoms in total. The fourth-order valence-corrected chi connectivity index (χ4v) is 2.62. The maximum absolute atomic E-state index is 13.6. The minimum atomic E-state index is -1.28. The summed E-state index contributed by atoms with van der Waals surface area (Å²) in [5.41, 5.74) is -0.435. The van der Waals surface area contributed by atoms with Crippen LogP contribution in [0.3, 0.4) is 0 Å². The molecule has 1 aromatic rings. The first kappa shape index (κ1) is 16.1. The maximum Gasteiger partial charge on any atom is 0.326 e. The molecular formula is C15H15F2NO4. The van der Waals surface area contributed by atoms with E-state index >= 15 is 0 Å². The predicted molar refractivity (Wildman–Crippen MR) is 72.2 cm³/mol. The van der Waals surface area contributed by atoms with Crippen molar-refractivity contribution >= 4 is 17.7 Å². The summed E-state index contributed by atoms with van der Waals surface area (Å²) >= 11 is 0. The van der Waals surface area contributed by atoms with Gasteiger partial charge in [-0.1, -0.05) is 0 Å². The molecule has 118 valence electrons. The second-order valence-corrected chi connectivity index (χ2v) is 5.31. The number of hydrogen-bond donors (Lipinski definition) is 2. The Morgan fingerprint density at radius 3 is 2.64 bits per heavy atom. The third-order valence-electron chi connectivity index (χ3n) is 3.72. The van der Waals surface area contributed by atoms with E-state index in [0.29, 0.717) is 25.3 Å². The van der Waals surface area contributed by atoms with Crippen LogP contribution in [0, 0.1) is 17.6 Å². The molecule has 0 aromatic heterocycles. The van der Waals surface area contributed by atoms with Gasteiger partial charge in [-0.05, 0) is 30.9 Å². The molecule has 0 saturated heterocycles. The van der Waals surface area contributed by atoms with E-state index in [-0.39, 0.29) is 12.2 Å². The second-order valence-electron chi connectivity index (χ2n) is 5.31. The molecule has 0 radical (unpaired) electrons. The van der Waals surface area contributed by atoms with E-state index in [2.05, 4.69) is 5.32 Å². The molecule has 0 heterocycles. The lowest BCUT2D eigenvalue weighted by atomic mass is 9.83. The zero-order valence-corrected chi connectivity index (χ0v) is 11.6. The Hall–Kier alpha value is -2.31. The van der Waals surface area contributed by atoms with E-state index in [1.807, 2.05) is 0 Å². The Morgan fingerprint density at radius 1 is 1.32 bits per heavy atom. The van der Waals surface area contributed by atoms with Crippen molar-refractivity contribution in [2.75, 3.05) is 0 Å². The number of hydrogen-bond acceptors (Lipinski definition) is 3. The van der Waals surface area contributed by atoms with Gasteiger partial charge in [0.2, 0.25) is 0 Å². The summed E-state index contributed by atoms with van der Waals surface area (Å²) in [7, 11) is 0. The highest BCUT2D eigenvalue weighted by molar-refractivity contribution is 5.97. The summed E-state index contributed by atoms with van der Waals surface area (Å²) in [4.78, 5) is 34.8. The smallest absolute Gasteiger partial charge is 0.326 e. The van der Waals surface area contributed by atoms with Crippen LogP contribution in [0.2, 0.25) is 0 Å². The molecule has 1 saturated carbocycles. The Labute approximate surface area is 125 Å². The predicted octanol–water partition coefficient (Wildman–Crippen LogP) is 1.91. The van der Waals surface area contributed by atoms with Crippen LogP contribution in [0.1, 0.15) is 36.0 Å². The highest BCUT2D eigenvalue weighted by Gasteiger charge is 2.33. The summed E-state index contributed by atoms with van der Waals surface area (Å²) in [5, 5.41) is 11.5. The molecule has 0 unspecified atom stereocenters. The molecule has 2 atom stereocenters. The lowest BCUT2D eigenvalue weighted by molar-refractivity contribution is -0.141. The number of amides is 1. The van der Waals surface area contributed by atoms with Gasteiger partial charge >= 0.3 is 5.97 Å². The van der Waals surface area contributed by atoms with E-state index in [1.165, 1.54) is 0 Å². The molecule has 0 spiro atoms. The molecule has 2 rings (SSSR count). The molecule has 0 aliphatic heterocycles. The summed E-state index contributed by atoms with van der Waals surface area (Å²) in [6, 6.07) is 1.14. The molecule has 22 heavy (non-hydrogen) atoms. The number of carbonyl (C=O) groups excluding carboxylic acids is 2.